The summed E-state index contributed by atoms with van der Waals surface area (Å²) in [5.41, 5.74) is 0.864. The van der Waals surface area contributed by atoms with Crippen molar-refractivity contribution in [2.24, 2.45) is 0 Å². The van der Waals surface area contributed by atoms with E-state index in [-0.39, 0.29) is 12.5 Å². The summed E-state index contributed by atoms with van der Waals surface area (Å²) in [4.78, 5) is 14.4. The second-order valence-electron chi connectivity index (χ2n) is 4.51. The number of hydrogen-bond donors (Lipinski definition) is 0. The van der Waals surface area contributed by atoms with E-state index in [1.165, 1.54) is 11.3 Å². The first-order valence-electron chi connectivity index (χ1n) is 6.41. The van der Waals surface area contributed by atoms with Gasteiger partial charge in [-0.05, 0) is 23.6 Å². The Hall–Kier alpha value is -2.47. The van der Waals surface area contributed by atoms with Crippen molar-refractivity contribution >= 4 is 17.2 Å². The summed E-state index contributed by atoms with van der Waals surface area (Å²) < 4.78 is 5.60. The highest BCUT2D eigenvalue weighted by atomic mass is 32.1. The number of nitrogens with zero attached hydrogens (tertiary/aromatic N) is 3. The van der Waals surface area contributed by atoms with Gasteiger partial charge in [-0.25, -0.2) is 0 Å². The van der Waals surface area contributed by atoms with Crippen LogP contribution in [-0.2, 0) is 6.54 Å². The van der Waals surface area contributed by atoms with Crippen LogP contribution in [-0.4, -0.2) is 28.1 Å². The van der Waals surface area contributed by atoms with E-state index in [0.717, 1.165) is 5.56 Å². The van der Waals surface area contributed by atoms with E-state index >= 15 is 0 Å². The smallest absolute Gasteiger partial charge is 0.264 e. The summed E-state index contributed by atoms with van der Waals surface area (Å²) in [6.07, 6.45) is 0. The van der Waals surface area contributed by atoms with Crippen molar-refractivity contribution in [2.45, 2.75) is 6.54 Å². The monoisotopic (exact) mass is 299 g/mol. The summed E-state index contributed by atoms with van der Waals surface area (Å²) >= 11 is 1.41. The zero-order chi connectivity index (χ0) is 14.7. The molecule has 3 rings (SSSR count). The maximum atomic E-state index is 12.1. The fourth-order valence-corrected chi connectivity index (χ4v) is 2.60. The van der Waals surface area contributed by atoms with Crippen LogP contribution < -0.4 is 0 Å². The fourth-order valence-electron chi connectivity index (χ4n) is 1.88. The highest BCUT2D eigenvalue weighted by Gasteiger charge is 2.16. The van der Waals surface area contributed by atoms with Gasteiger partial charge in [0.15, 0.2) is 0 Å². The third kappa shape index (κ3) is 3.00. The van der Waals surface area contributed by atoms with Gasteiger partial charge in [-0.3, -0.25) is 4.79 Å². The quantitative estimate of drug-likeness (QED) is 0.743. The van der Waals surface area contributed by atoms with Crippen LogP contribution in [0.5, 0.6) is 0 Å². The average Bonchev–Trinajstić information content (AvgIpc) is 3.19. The molecule has 0 aliphatic heterocycles. The van der Waals surface area contributed by atoms with Gasteiger partial charge in [-0.1, -0.05) is 24.3 Å². The maximum absolute atomic E-state index is 12.1. The van der Waals surface area contributed by atoms with Crippen LogP contribution in [0.4, 0.5) is 0 Å². The molecule has 2 heterocycles. The molecule has 3 aromatic rings. The first-order valence-corrected chi connectivity index (χ1v) is 7.29. The number of carbonyl (C=O) groups excluding carboxylic acids is 1. The van der Waals surface area contributed by atoms with Crippen molar-refractivity contribution in [1.29, 1.82) is 0 Å². The third-order valence-electron chi connectivity index (χ3n) is 2.94. The lowest BCUT2D eigenvalue weighted by molar-refractivity contribution is 0.0778. The van der Waals surface area contributed by atoms with Gasteiger partial charge in [0.1, 0.15) is 0 Å². The molecular formula is C15H13N3O2S. The van der Waals surface area contributed by atoms with Crippen molar-refractivity contribution in [1.82, 2.24) is 15.1 Å². The molecule has 0 fully saturated rings. The van der Waals surface area contributed by atoms with Crippen molar-refractivity contribution < 1.29 is 9.21 Å². The lowest BCUT2D eigenvalue weighted by Crippen LogP contribution is -2.25. The molecule has 1 aromatic carbocycles. The molecule has 0 aliphatic rings. The van der Waals surface area contributed by atoms with Crippen LogP contribution >= 0.6 is 11.3 Å². The summed E-state index contributed by atoms with van der Waals surface area (Å²) in [5, 5.41) is 9.87. The molecule has 0 radical (unpaired) electrons. The zero-order valence-electron chi connectivity index (χ0n) is 11.4. The topological polar surface area (TPSA) is 59.2 Å². The van der Waals surface area contributed by atoms with E-state index in [1.807, 2.05) is 41.8 Å². The Kier molecular flexibility index (Phi) is 3.79. The normalized spacial score (nSPS) is 10.5. The molecule has 0 saturated carbocycles. The van der Waals surface area contributed by atoms with E-state index in [0.29, 0.717) is 16.7 Å². The predicted molar refractivity (Wildman–Crippen MR) is 79.9 cm³/mol. The largest absolute Gasteiger partial charge is 0.419 e. The maximum Gasteiger partial charge on any atom is 0.264 e. The molecule has 2 aromatic heterocycles. The molecule has 0 atom stereocenters. The summed E-state index contributed by atoms with van der Waals surface area (Å²) in [6, 6.07) is 13.2. The van der Waals surface area contributed by atoms with Crippen LogP contribution in [0.25, 0.3) is 11.5 Å². The van der Waals surface area contributed by atoms with Crippen molar-refractivity contribution in [3.05, 3.63) is 58.6 Å². The Morgan fingerprint density at radius 1 is 1.19 bits per heavy atom. The minimum absolute atomic E-state index is 0.0514. The minimum Gasteiger partial charge on any atom is -0.419 e. The highest BCUT2D eigenvalue weighted by Crippen LogP contribution is 2.18. The minimum atomic E-state index is -0.0514. The van der Waals surface area contributed by atoms with E-state index in [9.17, 15) is 4.79 Å². The molecular weight excluding hydrogens is 286 g/mol. The van der Waals surface area contributed by atoms with Gasteiger partial charge >= 0.3 is 0 Å². The van der Waals surface area contributed by atoms with Gasteiger partial charge in [0.05, 0.1) is 11.4 Å². The average molecular weight is 299 g/mol. The molecule has 0 N–H and O–H groups in total. The Bertz CT molecular complexity index is 722. The molecule has 21 heavy (non-hydrogen) atoms. The molecule has 106 valence electrons. The standard InChI is InChI=1S/C15H13N3O2S/c1-18(15(19)12-8-5-9-21-12)10-13-16-17-14(20-13)11-6-3-2-4-7-11/h2-9H,10H2,1H3. The Balaban J connectivity index is 1.71. The van der Waals surface area contributed by atoms with Gasteiger partial charge in [0.25, 0.3) is 5.91 Å². The number of hydrogen-bond acceptors (Lipinski definition) is 5. The number of thiophene rings is 1. The second kappa shape index (κ2) is 5.88. The van der Waals surface area contributed by atoms with Crippen molar-refractivity contribution in [3.63, 3.8) is 0 Å². The summed E-state index contributed by atoms with van der Waals surface area (Å²) in [7, 11) is 1.72. The van der Waals surface area contributed by atoms with E-state index in [4.69, 9.17) is 4.42 Å². The first-order chi connectivity index (χ1) is 10.2. The Labute approximate surface area is 125 Å². The van der Waals surface area contributed by atoms with Gasteiger partial charge < -0.3 is 9.32 Å². The molecule has 0 unspecified atom stereocenters. The van der Waals surface area contributed by atoms with E-state index in [1.54, 1.807) is 18.0 Å². The molecule has 5 nitrogen and oxygen atoms in total. The van der Waals surface area contributed by atoms with Gasteiger partial charge in [0.2, 0.25) is 11.8 Å². The number of benzene rings is 1. The van der Waals surface area contributed by atoms with E-state index in [2.05, 4.69) is 10.2 Å². The van der Waals surface area contributed by atoms with Crippen molar-refractivity contribution in [2.75, 3.05) is 7.05 Å². The number of amides is 1. The van der Waals surface area contributed by atoms with Gasteiger partial charge in [-0.15, -0.1) is 21.5 Å². The van der Waals surface area contributed by atoms with Crippen LogP contribution in [0, 0.1) is 0 Å². The lowest BCUT2D eigenvalue weighted by atomic mass is 10.2. The molecule has 0 saturated heterocycles. The second-order valence-corrected chi connectivity index (χ2v) is 5.45. The van der Waals surface area contributed by atoms with Gasteiger partial charge in [0, 0.05) is 12.6 Å². The lowest BCUT2D eigenvalue weighted by Gasteiger charge is -2.13. The first kappa shape index (κ1) is 13.5. The van der Waals surface area contributed by atoms with Crippen LogP contribution in [0.15, 0.2) is 52.3 Å². The predicted octanol–water partition coefficient (Wildman–Crippen LogP) is 3.07. The highest BCUT2D eigenvalue weighted by molar-refractivity contribution is 7.12. The molecule has 0 aliphatic carbocycles. The van der Waals surface area contributed by atoms with Crippen LogP contribution in [0.2, 0.25) is 0 Å². The zero-order valence-corrected chi connectivity index (χ0v) is 12.2. The summed E-state index contributed by atoms with van der Waals surface area (Å²) in [6.45, 7) is 0.288. The molecule has 0 bridgehead atoms. The van der Waals surface area contributed by atoms with Gasteiger partial charge in [-0.2, -0.15) is 0 Å². The number of rotatable bonds is 4. The third-order valence-corrected chi connectivity index (χ3v) is 3.80. The number of aromatic nitrogens is 2. The Morgan fingerprint density at radius 3 is 2.71 bits per heavy atom. The van der Waals surface area contributed by atoms with Crippen molar-refractivity contribution in [3.8, 4) is 11.5 Å². The van der Waals surface area contributed by atoms with Crippen LogP contribution in [0.1, 0.15) is 15.6 Å². The molecule has 0 spiro atoms. The Morgan fingerprint density at radius 2 is 2.00 bits per heavy atom. The SMILES string of the molecule is CN(Cc1nnc(-c2ccccc2)o1)C(=O)c1cccs1. The molecule has 6 heteroatoms. The van der Waals surface area contributed by atoms with Crippen LogP contribution in [0.3, 0.4) is 0 Å². The molecule has 1 amide bonds. The number of carbonyl (C=O) groups is 1. The summed E-state index contributed by atoms with van der Waals surface area (Å²) in [5.74, 6) is 0.827. The van der Waals surface area contributed by atoms with E-state index < -0.39 is 0 Å². The fraction of sp³-hybridized carbons (Fsp3) is 0.133.